The van der Waals surface area contributed by atoms with E-state index in [1.54, 1.807) is 47.1 Å². The van der Waals surface area contributed by atoms with E-state index in [0.717, 1.165) is 29.7 Å². The molecule has 11 heteroatoms. The van der Waals surface area contributed by atoms with E-state index in [4.69, 9.17) is 4.98 Å². The van der Waals surface area contributed by atoms with Crippen LogP contribution in [0.25, 0.3) is 33.2 Å². The Balaban J connectivity index is 1.44. The minimum absolute atomic E-state index is 0.258. The van der Waals surface area contributed by atoms with Crippen molar-refractivity contribution < 1.29 is 9.18 Å². The van der Waals surface area contributed by atoms with Crippen molar-refractivity contribution in [2.45, 2.75) is 25.9 Å². The van der Waals surface area contributed by atoms with Gasteiger partial charge in [0, 0.05) is 80.0 Å². The van der Waals surface area contributed by atoms with Gasteiger partial charge in [-0.15, -0.1) is 0 Å². The largest absolute Gasteiger partial charge is 0.368 e. The summed E-state index contributed by atoms with van der Waals surface area (Å²) in [6.45, 7) is 5.95. The zero-order chi connectivity index (χ0) is 26.6. The summed E-state index contributed by atoms with van der Waals surface area (Å²) in [7, 11) is 3.55. The van der Waals surface area contributed by atoms with Crippen LogP contribution in [0.5, 0.6) is 0 Å². The van der Waals surface area contributed by atoms with Crippen LogP contribution in [0.2, 0.25) is 0 Å². The minimum Gasteiger partial charge on any atom is -0.368 e. The van der Waals surface area contributed by atoms with Crippen LogP contribution in [-0.4, -0.2) is 60.6 Å². The molecule has 1 fully saturated rings. The summed E-state index contributed by atoms with van der Waals surface area (Å²) in [5.74, 6) is -0.412. The van der Waals surface area contributed by atoms with Crippen LogP contribution in [0.3, 0.4) is 0 Å². The summed E-state index contributed by atoms with van der Waals surface area (Å²) in [5, 5.41) is 16.1. The molecule has 1 saturated heterocycles. The molecule has 1 aliphatic heterocycles. The average Bonchev–Trinajstić information content (AvgIpc) is 3.47. The van der Waals surface area contributed by atoms with E-state index in [0.29, 0.717) is 40.1 Å². The fraction of sp³-hybridized carbons (Fsp3) is 0.296. The van der Waals surface area contributed by atoms with E-state index in [-0.39, 0.29) is 11.4 Å². The van der Waals surface area contributed by atoms with Gasteiger partial charge in [0.25, 0.3) is 5.91 Å². The van der Waals surface area contributed by atoms with Crippen LogP contribution in [0.15, 0.2) is 49.1 Å². The molecule has 10 nitrogen and oxygen atoms in total. The van der Waals surface area contributed by atoms with E-state index in [9.17, 15) is 9.18 Å². The van der Waals surface area contributed by atoms with Gasteiger partial charge >= 0.3 is 0 Å². The number of rotatable bonds is 4. The lowest BCUT2D eigenvalue weighted by molar-refractivity contribution is 0.102. The fourth-order valence-electron chi connectivity index (χ4n) is 5.25. The van der Waals surface area contributed by atoms with Crippen LogP contribution in [0, 0.1) is 5.82 Å². The molecule has 3 aromatic heterocycles. The summed E-state index contributed by atoms with van der Waals surface area (Å²) >= 11 is 0. The predicted octanol–water partition coefficient (Wildman–Crippen LogP) is 3.50. The molecule has 0 radical (unpaired) electrons. The van der Waals surface area contributed by atoms with Crippen LogP contribution in [0.4, 0.5) is 15.8 Å². The van der Waals surface area contributed by atoms with Gasteiger partial charge in [0.2, 0.25) is 0 Å². The van der Waals surface area contributed by atoms with E-state index in [1.807, 2.05) is 19.3 Å². The van der Waals surface area contributed by atoms with Crippen molar-refractivity contribution in [1.29, 1.82) is 0 Å². The van der Waals surface area contributed by atoms with Gasteiger partial charge in [-0.2, -0.15) is 10.2 Å². The van der Waals surface area contributed by atoms with Gasteiger partial charge in [-0.3, -0.25) is 14.2 Å². The Kier molecular flexibility index (Phi) is 5.79. The molecular weight excluding hydrogens is 485 g/mol. The van der Waals surface area contributed by atoms with Gasteiger partial charge in [0.15, 0.2) is 11.6 Å². The number of carbonyl (C=O) groups excluding carboxylic acids is 1. The summed E-state index contributed by atoms with van der Waals surface area (Å²) < 4.78 is 17.9. The zero-order valence-electron chi connectivity index (χ0n) is 21.6. The molecule has 0 bridgehead atoms. The zero-order valence-corrected chi connectivity index (χ0v) is 21.6. The number of piperazine rings is 1. The number of hydrogen-bond acceptors (Lipinski definition) is 7. The van der Waals surface area contributed by atoms with Gasteiger partial charge in [-0.1, -0.05) is 0 Å². The van der Waals surface area contributed by atoms with Crippen molar-refractivity contribution in [1.82, 2.24) is 34.8 Å². The van der Waals surface area contributed by atoms with Crippen LogP contribution < -0.4 is 15.5 Å². The molecule has 1 amide bonds. The van der Waals surface area contributed by atoms with Crippen molar-refractivity contribution in [3.63, 3.8) is 0 Å². The number of fused-ring (bicyclic) bond motifs is 2. The Hall–Kier alpha value is -4.38. The molecule has 5 aromatic rings. The highest BCUT2D eigenvalue weighted by molar-refractivity contribution is 6.14. The lowest BCUT2D eigenvalue weighted by Crippen LogP contribution is -2.54. The third kappa shape index (κ3) is 4.34. The maximum absolute atomic E-state index is 14.7. The molecular formula is C27H28FN9O. The normalized spacial score (nSPS) is 17.9. The second-order valence-electron chi connectivity index (χ2n) is 10.0. The molecule has 38 heavy (non-hydrogen) atoms. The summed E-state index contributed by atoms with van der Waals surface area (Å²) in [6, 6.07) is 7.33. The van der Waals surface area contributed by atoms with Crippen LogP contribution in [0.1, 0.15) is 24.2 Å². The Morgan fingerprint density at radius 1 is 1.05 bits per heavy atom. The number of nitrogens with zero attached hydrogens (tertiary/aromatic N) is 7. The molecule has 2 N–H and O–H groups in total. The number of anilines is 2. The van der Waals surface area contributed by atoms with Gasteiger partial charge in [0.05, 0.1) is 22.8 Å². The second kappa shape index (κ2) is 9.18. The number of nitrogens with one attached hydrogen (secondary N) is 2. The number of aromatic nitrogens is 6. The van der Waals surface area contributed by atoms with Crippen molar-refractivity contribution in [3.05, 3.63) is 60.4 Å². The molecule has 2 aromatic carbocycles. The second-order valence-corrected chi connectivity index (χ2v) is 10.0. The van der Waals surface area contributed by atoms with E-state index in [2.05, 4.69) is 44.6 Å². The number of benzene rings is 2. The molecule has 6 rings (SSSR count). The summed E-state index contributed by atoms with van der Waals surface area (Å²) in [6.07, 6.45) is 7.00. The molecule has 194 valence electrons. The van der Waals surface area contributed by atoms with Crippen LogP contribution in [-0.2, 0) is 14.1 Å². The predicted molar refractivity (Wildman–Crippen MR) is 145 cm³/mol. The maximum Gasteiger partial charge on any atom is 0.257 e. The lowest BCUT2D eigenvalue weighted by atomic mass is 10.0. The van der Waals surface area contributed by atoms with Gasteiger partial charge < -0.3 is 15.5 Å². The van der Waals surface area contributed by atoms with E-state index >= 15 is 0 Å². The molecule has 2 atom stereocenters. The van der Waals surface area contributed by atoms with Crippen molar-refractivity contribution in [2.75, 3.05) is 23.3 Å². The molecule has 1 aliphatic rings. The molecule has 4 heterocycles. The summed E-state index contributed by atoms with van der Waals surface area (Å²) in [5.41, 5.74) is 3.22. The van der Waals surface area contributed by atoms with Crippen molar-refractivity contribution >= 4 is 39.1 Å². The van der Waals surface area contributed by atoms with Gasteiger partial charge in [-0.05, 0) is 38.1 Å². The molecule has 0 aliphatic carbocycles. The maximum atomic E-state index is 14.7. The third-order valence-electron chi connectivity index (χ3n) is 6.77. The number of halogens is 1. The Labute approximate surface area is 218 Å². The first kappa shape index (κ1) is 24.0. The van der Waals surface area contributed by atoms with E-state index in [1.165, 1.54) is 6.07 Å². The smallest absolute Gasteiger partial charge is 0.257 e. The van der Waals surface area contributed by atoms with Gasteiger partial charge in [0.1, 0.15) is 5.52 Å². The minimum atomic E-state index is -0.498. The standard InChI is InChI=1S/C27H28FN9O/c1-15-11-37(12-16(2)31-15)23-6-5-20(25-21(23)10-29-26(33-25)18-9-30-35(3)14-18)27(38)32-19-7-17-13-36(4)34-24(17)22(28)8-19/h5-10,13-16,31H,11-12H2,1-4H3,(H,32,38)/t15-,16-/m1/s1. The highest BCUT2D eigenvalue weighted by Crippen LogP contribution is 2.32. The molecule has 0 unspecified atom stereocenters. The first-order valence-corrected chi connectivity index (χ1v) is 12.5. The lowest BCUT2D eigenvalue weighted by Gasteiger charge is -2.38. The average molecular weight is 514 g/mol. The Morgan fingerprint density at radius 2 is 1.84 bits per heavy atom. The summed E-state index contributed by atoms with van der Waals surface area (Å²) in [4.78, 5) is 25.3. The van der Waals surface area contributed by atoms with Gasteiger partial charge in [-0.25, -0.2) is 14.4 Å². The first-order valence-electron chi connectivity index (χ1n) is 12.5. The number of carbonyl (C=O) groups is 1. The number of amides is 1. The monoisotopic (exact) mass is 513 g/mol. The number of hydrogen-bond donors (Lipinski definition) is 2. The SMILES string of the molecule is C[C@@H]1CN(c2ccc(C(=O)Nc3cc(F)c4nn(C)cc4c3)c3nc(-c4cnn(C)c4)ncc23)C[C@@H](C)N1. The topological polar surface area (TPSA) is 106 Å². The quantitative estimate of drug-likeness (QED) is 0.379. The van der Waals surface area contributed by atoms with Crippen LogP contribution >= 0.6 is 0 Å². The van der Waals surface area contributed by atoms with E-state index < -0.39 is 5.82 Å². The van der Waals surface area contributed by atoms with Crippen molar-refractivity contribution in [3.8, 4) is 11.4 Å². The molecule has 0 saturated carbocycles. The number of aryl methyl sites for hydroxylation is 2. The Bertz CT molecular complexity index is 1680. The first-order chi connectivity index (χ1) is 18.2. The molecule has 0 spiro atoms. The third-order valence-corrected chi connectivity index (χ3v) is 6.77. The highest BCUT2D eigenvalue weighted by Gasteiger charge is 2.25. The van der Waals surface area contributed by atoms with Crippen molar-refractivity contribution in [2.24, 2.45) is 14.1 Å². The highest BCUT2D eigenvalue weighted by atomic mass is 19.1. The Morgan fingerprint density at radius 3 is 2.58 bits per heavy atom. The fourth-order valence-corrected chi connectivity index (χ4v) is 5.25.